The predicted octanol–water partition coefficient (Wildman–Crippen LogP) is 2.68. The number of nitrogens with zero attached hydrogens (tertiary/aromatic N) is 6. The number of hydrogen-bond donors (Lipinski definition) is 1. The topological polar surface area (TPSA) is 85.2 Å². The number of pyridine rings is 1. The van der Waals surface area contributed by atoms with Gasteiger partial charge in [0.1, 0.15) is 11.6 Å². The SMILES string of the molecule is CC1CC1c1nnc2ccc(N3CCCC(Cc4ccc(N)nc4)C3)nn12. The monoisotopic (exact) mass is 363 g/mol. The molecule has 4 heterocycles. The molecule has 3 aromatic rings. The van der Waals surface area contributed by atoms with Crippen LogP contribution in [-0.2, 0) is 6.42 Å². The molecule has 27 heavy (non-hydrogen) atoms. The maximum Gasteiger partial charge on any atom is 0.178 e. The van der Waals surface area contributed by atoms with E-state index >= 15 is 0 Å². The summed E-state index contributed by atoms with van der Waals surface area (Å²) in [7, 11) is 0. The predicted molar refractivity (Wildman–Crippen MR) is 105 cm³/mol. The largest absolute Gasteiger partial charge is 0.384 e. The van der Waals surface area contributed by atoms with Gasteiger partial charge in [-0.2, -0.15) is 4.52 Å². The number of nitrogen functional groups attached to an aromatic ring is 1. The number of anilines is 2. The van der Waals surface area contributed by atoms with Crippen LogP contribution >= 0.6 is 0 Å². The Morgan fingerprint density at radius 2 is 2.07 bits per heavy atom. The first-order chi connectivity index (χ1) is 13.2. The Morgan fingerprint density at radius 3 is 2.85 bits per heavy atom. The summed E-state index contributed by atoms with van der Waals surface area (Å²) < 4.78 is 1.96. The van der Waals surface area contributed by atoms with Crippen molar-refractivity contribution >= 4 is 17.3 Å². The van der Waals surface area contributed by atoms with Gasteiger partial charge in [0.2, 0.25) is 0 Å². The van der Waals surface area contributed by atoms with Gasteiger partial charge in [-0.3, -0.25) is 0 Å². The van der Waals surface area contributed by atoms with Crippen molar-refractivity contribution in [3.05, 3.63) is 41.9 Å². The van der Waals surface area contributed by atoms with Crippen LogP contribution in [0.3, 0.4) is 0 Å². The number of nitrogens with two attached hydrogens (primary N) is 1. The second kappa shape index (κ2) is 6.48. The summed E-state index contributed by atoms with van der Waals surface area (Å²) in [6.45, 7) is 4.32. The summed E-state index contributed by atoms with van der Waals surface area (Å²) >= 11 is 0. The zero-order valence-electron chi connectivity index (χ0n) is 15.6. The van der Waals surface area contributed by atoms with Crippen molar-refractivity contribution < 1.29 is 0 Å². The first-order valence-corrected chi connectivity index (χ1v) is 9.85. The van der Waals surface area contributed by atoms with Crippen molar-refractivity contribution in [3.63, 3.8) is 0 Å². The first kappa shape index (κ1) is 16.5. The fourth-order valence-corrected chi connectivity index (χ4v) is 4.21. The molecule has 3 unspecified atom stereocenters. The van der Waals surface area contributed by atoms with Crippen molar-refractivity contribution in [2.75, 3.05) is 23.7 Å². The zero-order chi connectivity index (χ0) is 18.4. The van der Waals surface area contributed by atoms with E-state index in [0.29, 0.717) is 23.6 Å². The average Bonchev–Trinajstić information content (AvgIpc) is 3.26. The van der Waals surface area contributed by atoms with Crippen LogP contribution in [-0.4, -0.2) is 37.9 Å². The van der Waals surface area contributed by atoms with Crippen molar-refractivity contribution in [2.24, 2.45) is 11.8 Å². The van der Waals surface area contributed by atoms with Gasteiger partial charge in [0.05, 0.1) is 0 Å². The molecule has 0 amide bonds. The van der Waals surface area contributed by atoms with E-state index in [-0.39, 0.29) is 0 Å². The molecule has 7 heteroatoms. The normalized spacial score (nSPS) is 25.1. The Bertz CT molecular complexity index is 949. The molecule has 3 atom stereocenters. The average molecular weight is 363 g/mol. The molecule has 2 N–H and O–H groups in total. The van der Waals surface area contributed by atoms with Crippen LogP contribution < -0.4 is 10.6 Å². The van der Waals surface area contributed by atoms with Gasteiger partial charge in [0.25, 0.3) is 0 Å². The lowest BCUT2D eigenvalue weighted by Gasteiger charge is -2.33. The number of rotatable bonds is 4. The van der Waals surface area contributed by atoms with Crippen LogP contribution in [0, 0.1) is 11.8 Å². The lowest BCUT2D eigenvalue weighted by Crippen LogP contribution is -2.37. The van der Waals surface area contributed by atoms with Gasteiger partial charge < -0.3 is 10.6 Å². The van der Waals surface area contributed by atoms with Crippen LogP contribution in [0.15, 0.2) is 30.5 Å². The number of piperidine rings is 1. The summed E-state index contributed by atoms with van der Waals surface area (Å²) in [5.41, 5.74) is 7.80. The quantitative estimate of drug-likeness (QED) is 0.767. The fraction of sp³-hybridized carbons (Fsp3) is 0.500. The Kier molecular flexibility index (Phi) is 3.95. The Morgan fingerprint density at radius 1 is 1.19 bits per heavy atom. The van der Waals surface area contributed by atoms with E-state index in [9.17, 15) is 0 Å². The Labute approximate surface area is 158 Å². The molecule has 2 fully saturated rings. The second-order valence-electron chi connectivity index (χ2n) is 8.09. The molecule has 5 rings (SSSR count). The van der Waals surface area contributed by atoms with Crippen LogP contribution in [0.4, 0.5) is 11.6 Å². The van der Waals surface area contributed by atoms with Crippen molar-refractivity contribution in [1.29, 1.82) is 0 Å². The van der Waals surface area contributed by atoms with Gasteiger partial charge in [-0.15, -0.1) is 15.3 Å². The summed E-state index contributed by atoms with van der Waals surface area (Å²) in [6, 6.07) is 8.10. The summed E-state index contributed by atoms with van der Waals surface area (Å²) in [5, 5.41) is 13.6. The maximum absolute atomic E-state index is 5.70. The van der Waals surface area contributed by atoms with E-state index in [1.54, 1.807) is 0 Å². The molecule has 0 spiro atoms. The molecular weight excluding hydrogens is 338 g/mol. The minimum Gasteiger partial charge on any atom is -0.384 e. The van der Waals surface area contributed by atoms with Crippen molar-refractivity contribution in [3.8, 4) is 0 Å². The summed E-state index contributed by atoms with van der Waals surface area (Å²) in [6.07, 6.45) is 6.54. The molecule has 0 radical (unpaired) electrons. The minimum atomic E-state index is 0.509. The molecule has 7 nitrogen and oxygen atoms in total. The third-order valence-corrected chi connectivity index (χ3v) is 5.93. The van der Waals surface area contributed by atoms with Crippen LogP contribution in [0.25, 0.3) is 5.65 Å². The molecule has 2 aliphatic rings. The Balaban J connectivity index is 1.35. The third kappa shape index (κ3) is 3.22. The highest BCUT2D eigenvalue weighted by Crippen LogP contribution is 2.45. The highest BCUT2D eigenvalue weighted by atomic mass is 15.4. The smallest absolute Gasteiger partial charge is 0.178 e. The van der Waals surface area contributed by atoms with E-state index < -0.39 is 0 Å². The molecule has 1 aliphatic heterocycles. The number of aromatic nitrogens is 5. The molecule has 1 saturated carbocycles. The summed E-state index contributed by atoms with van der Waals surface area (Å²) in [5.74, 6) is 4.42. The molecule has 140 valence electrons. The molecule has 1 aliphatic carbocycles. The van der Waals surface area contributed by atoms with E-state index in [1.165, 1.54) is 24.8 Å². The molecule has 0 bridgehead atoms. The van der Waals surface area contributed by atoms with Crippen molar-refractivity contribution in [2.45, 2.75) is 38.5 Å². The van der Waals surface area contributed by atoms with Crippen molar-refractivity contribution in [1.82, 2.24) is 24.8 Å². The standard InChI is InChI=1S/C20H25N7/c1-13-9-16(13)20-24-23-18-6-7-19(25-27(18)20)26-8-2-3-15(12-26)10-14-4-5-17(21)22-11-14/h4-7,11,13,15-16H,2-3,8-10,12H2,1H3,(H2,21,22). The molecular formula is C20H25N7. The summed E-state index contributed by atoms with van der Waals surface area (Å²) in [4.78, 5) is 6.62. The molecule has 1 saturated heterocycles. The second-order valence-corrected chi connectivity index (χ2v) is 8.09. The van der Waals surface area contributed by atoms with E-state index in [0.717, 1.165) is 36.8 Å². The molecule has 0 aromatic carbocycles. The van der Waals surface area contributed by atoms with E-state index in [4.69, 9.17) is 10.8 Å². The lowest BCUT2D eigenvalue weighted by atomic mass is 9.92. The van der Waals surface area contributed by atoms with Gasteiger partial charge in [-0.05, 0) is 61.3 Å². The molecule has 3 aromatic heterocycles. The van der Waals surface area contributed by atoms with Crippen LogP contribution in [0.1, 0.15) is 43.5 Å². The van der Waals surface area contributed by atoms with E-state index in [1.807, 2.05) is 22.8 Å². The highest BCUT2D eigenvalue weighted by Gasteiger charge is 2.38. The maximum atomic E-state index is 5.70. The highest BCUT2D eigenvalue weighted by molar-refractivity contribution is 5.46. The van der Waals surface area contributed by atoms with Gasteiger partial charge in [0.15, 0.2) is 11.5 Å². The van der Waals surface area contributed by atoms with Crippen LogP contribution in [0.5, 0.6) is 0 Å². The first-order valence-electron chi connectivity index (χ1n) is 9.85. The number of fused-ring (bicyclic) bond motifs is 1. The minimum absolute atomic E-state index is 0.509. The van der Waals surface area contributed by atoms with Crippen LogP contribution in [0.2, 0.25) is 0 Å². The third-order valence-electron chi connectivity index (χ3n) is 5.93. The van der Waals surface area contributed by atoms with E-state index in [2.05, 4.69) is 39.1 Å². The Hall–Kier alpha value is -2.70. The van der Waals surface area contributed by atoms with Gasteiger partial charge in [-0.25, -0.2) is 4.98 Å². The van der Waals surface area contributed by atoms with Gasteiger partial charge in [-0.1, -0.05) is 13.0 Å². The lowest BCUT2D eigenvalue weighted by molar-refractivity contribution is 0.410. The van der Waals surface area contributed by atoms with Gasteiger partial charge >= 0.3 is 0 Å². The van der Waals surface area contributed by atoms with Gasteiger partial charge in [0, 0.05) is 25.2 Å². The number of hydrogen-bond acceptors (Lipinski definition) is 6. The fourth-order valence-electron chi connectivity index (χ4n) is 4.21. The zero-order valence-corrected chi connectivity index (χ0v) is 15.6.